The molecular weight excluding hydrogens is 231 g/mol. The molecule has 0 saturated carbocycles. The van der Waals surface area contributed by atoms with Gasteiger partial charge in [0.25, 0.3) is 0 Å². The zero-order valence-electron chi connectivity index (χ0n) is 4.95. The Morgan fingerprint density at radius 2 is 2.56 bits per heavy atom. The van der Waals surface area contributed by atoms with Crippen molar-refractivity contribution in [2.24, 2.45) is 10.8 Å². The van der Waals surface area contributed by atoms with Crippen LogP contribution in [0, 0.1) is 0 Å². The monoisotopic (exact) mass is 238 g/mol. The molecule has 50 valence electrons. The van der Waals surface area contributed by atoms with Crippen molar-refractivity contribution < 1.29 is 0 Å². The zero-order valence-corrected chi connectivity index (χ0v) is 7.11. The Morgan fingerprint density at radius 1 is 1.89 bits per heavy atom. The number of nitrogens with zero attached hydrogens (tertiary/aromatic N) is 3. The molecule has 0 amide bonds. The van der Waals surface area contributed by atoms with Crippen molar-refractivity contribution in [1.82, 2.24) is 8.12 Å². The standard InChI is InChI=1S/C4H7IN4/c1-8-3-2-7-9(5)4(8)6/h3-4H,6H2,1H3. The number of nitrogens with two attached hydrogens (primary N) is 1. The number of hydrazone groups is 1. The third-order valence-corrected chi connectivity index (χ3v) is 1.84. The van der Waals surface area contributed by atoms with Gasteiger partial charge in [0.15, 0.2) is 6.29 Å². The number of hydrogen-bond acceptors (Lipinski definition) is 4. The van der Waals surface area contributed by atoms with Gasteiger partial charge < -0.3 is 4.90 Å². The highest BCUT2D eigenvalue weighted by molar-refractivity contribution is 14.1. The normalized spacial score (nSPS) is 25.4. The lowest BCUT2D eigenvalue weighted by molar-refractivity contribution is 0.210. The molecule has 0 aromatic rings. The summed E-state index contributed by atoms with van der Waals surface area (Å²) in [5.41, 5.74) is 5.60. The van der Waals surface area contributed by atoms with Crippen LogP contribution in [0.4, 0.5) is 0 Å². The minimum atomic E-state index is -0.160. The molecule has 0 radical (unpaired) electrons. The van der Waals surface area contributed by atoms with Gasteiger partial charge in [-0.3, -0.25) is 5.73 Å². The second kappa shape index (κ2) is 2.55. The molecule has 0 aromatic carbocycles. The molecule has 1 aliphatic rings. The highest BCUT2D eigenvalue weighted by atomic mass is 127. The summed E-state index contributed by atoms with van der Waals surface area (Å²) in [5.74, 6) is 2.68. The molecule has 0 spiro atoms. The quantitative estimate of drug-likeness (QED) is 0.474. The molecular formula is C4H7IN4. The Labute approximate surface area is 67.5 Å². The lowest BCUT2D eigenvalue weighted by atomic mass is 10.7. The number of hydrogen-bond donors (Lipinski definition) is 1. The fraction of sp³-hybridized carbons (Fsp3) is 0.500. The van der Waals surface area contributed by atoms with Crippen LogP contribution >= 0.6 is 22.9 Å². The van der Waals surface area contributed by atoms with Gasteiger partial charge in [-0.05, 0) is 0 Å². The van der Waals surface area contributed by atoms with E-state index in [1.807, 2.05) is 34.8 Å². The minimum absolute atomic E-state index is 0.160. The van der Waals surface area contributed by atoms with Crippen LogP contribution in [0.3, 0.4) is 0 Å². The summed E-state index contributed by atoms with van der Waals surface area (Å²) in [5, 5.41) is 3.81. The van der Waals surface area contributed by atoms with Crippen LogP contribution in [-0.4, -0.2) is 27.3 Å². The van der Waals surface area contributed by atoms with E-state index in [1.165, 1.54) is 0 Å². The SMILES string of the molecule is CN1C=C=NN(I)C1N. The maximum atomic E-state index is 5.60. The van der Waals surface area contributed by atoms with Gasteiger partial charge in [-0.2, -0.15) is 3.22 Å². The van der Waals surface area contributed by atoms with Gasteiger partial charge >= 0.3 is 0 Å². The van der Waals surface area contributed by atoms with Crippen LogP contribution in [0.5, 0.6) is 0 Å². The van der Waals surface area contributed by atoms with Gasteiger partial charge in [-0.15, -0.1) is 5.10 Å². The van der Waals surface area contributed by atoms with Crippen molar-refractivity contribution in [3.8, 4) is 0 Å². The largest absolute Gasteiger partial charge is 0.339 e. The third-order valence-electron chi connectivity index (χ3n) is 1.05. The fourth-order valence-electron chi connectivity index (χ4n) is 0.458. The molecule has 0 fully saturated rings. The van der Waals surface area contributed by atoms with E-state index in [0.717, 1.165) is 0 Å². The van der Waals surface area contributed by atoms with Gasteiger partial charge in [0.1, 0.15) is 0 Å². The van der Waals surface area contributed by atoms with Crippen LogP contribution in [0.15, 0.2) is 11.3 Å². The number of halogens is 1. The predicted molar refractivity (Wildman–Crippen MR) is 43.6 cm³/mol. The molecule has 9 heavy (non-hydrogen) atoms. The molecule has 1 heterocycles. The van der Waals surface area contributed by atoms with E-state index in [-0.39, 0.29) is 6.29 Å². The molecule has 1 atom stereocenters. The average molecular weight is 238 g/mol. The first-order valence-electron chi connectivity index (χ1n) is 2.44. The summed E-state index contributed by atoms with van der Waals surface area (Å²) < 4.78 is 1.61. The zero-order chi connectivity index (χ0) is 6.85. The highest BCUT2D eigenvalue weighted by Crippen LogP contribution is 2.07. The summed E-state index contributed by atoms with van der Waals surface area (Å²) in [6.45, 7) is 0. The van der Waals surface area contributed by atoms with Gasteiger partial charge in [0.2, 0.25) is 0 Å². The Bertz CT molecular complexity index is 148. The van der Waals surface area contributed by atoms with Gasteiger partial charge in [0, 0.05) is 12.9 Å². The van der Waals surface area contributed by atoms with E-state index in [1.54, 1.807) is 9.42 Å². The first-order chi connectivity index (χ1) is 4.22. The van der Waals surface area contributed by atoms with Gasteiger partial charge in [-0.1, -0.05) is 0 Å². The van der Waals surface area contributed by atoms with Gasteiger partial charge in [-0.25, -0.2) is 0 Å². The molecule has 2 N–H and O–H groups in total. The summed E-state index contributed by atoms with van der Waals surface area (Å²) in [4.78, 5) is 1.82. The minimum Gasteiger partial charge on any atom is -0.339 e. The van der Waals surface area contributed by atoms with E-state index in [0.29, 0.717) is 0 Å². The Kier molecular flexibility index (Phi) is 1.94. The first kappa shape index (κ1) is 6.85. The Hall–Kier alpha value is -0.260. The summed E-state index contributed by atoms with van der Waals surface area (Å²) in [6, 6.07) is 0. The summed E-state index contributed by atoms with van der Waals surface area (Å²) in [6.07, 6.45) is 1.55. The van der Waals surface area contributed by atoms with Crippen molar-refractivity contribution in [1.29, 1.82) is 0 Å². The van der Waals surface area contributed by atoms with Crippen LogP contribution < -0.4 is 5.73 Å². The van der Waals surface area contributed by atoms with Crippen molar-refractivity contribution in [3.63, 3.8) is 0 Å². The molecule has 0 saturated heterocycles. The van der Waals surface area contributed by atoms with E-state index in [9.17, 15) is 0 Å². The molecule has 4 nitrogen and oxygen atoms in total. The summed E-state index contributed by atoms with van der Waals surface area (Å²) in [7, 11) is 1.87. The van der Waals surface area contributed by atoms with E-state index in [4.69, 9.17) is 5.73 Å². The average Bonchev–Trinajstić information content (AvgIpc) is 1.83. The van der Waals surface area contributed by atoms with Crippen LogP contribution in [0.25, 0.3) is 0 Å². The maximum Gasteiger partial charge on any atom is 0.181 e. The number of rotatable bonds is 0. The third kappa shape index (κ3) is 1.35. The molecule has 1 unspecified atom stereocenters. The molecule has 1 rings (SSSR count). The topological polar surface area (TPSA) is 44.9 Å². The fourth-order valence-corrected chi connectivity index (χ4v) is 0.975. The first-order valence-corrected chi connectivity index (χ1v) is 3.40. The Balaban J connectivity index is 2.73. The van der Waals surface area contributed by atoms with Gasteiger partial charge in [0.05, 0.1) is 29.1 Å². The maximum absolute atomic E-state index is 5.60. The van der Waals surface area contributed by atoms with Crippen molar-refractivity contribution >= 4 is 28.7 Å². The Morgan fingerprint density at radius 3 is 3.00 bits per heavy atom. The van der Waals surface area contributed by atoms with Crippen molar-refractivity contribution in [2.75, 3.05) is 7.05 Å². The molecule has 0 aliphatic carbocycles. The van der Waals surface area contributed by atoms with Crippen LogP contribution in [0.1, 0.15) is 0 Å². The highest BCUT2D eigenvalue weighted by Gasteiger charge is 2.13. The molecule has 0 bridgehead atoms. The van der Waals surface area contributed by atoms with Crippen molar-refractivity contribution in [2.45, 2.75) is 6.29 Å². The van der Waals surface area contributed by atoms with E-state index >= 15 is 0 Å². The van der Waals surface area contributed by atoms with Crippen LogP contribution in [-0.2, 0) is 0 Å². The predicted octanol–water partition coefficient (Wildman–Crippen LogP) is -0.0755. The molecule has 0 aromatic heterocycles. The van der Waals surface area contributed by atoms with E-state index in [2.05, 4.69) is 11.0 Å². The second-order valence-corrected chi connectivity index (χ2v) is 2.71. The van der Waals surface area contributed by atoms with Crippen LogP contribution in [0.2, 0.25) is 0 Å². The smallest absolute Gasteiger partial charge is 0.181 e. The van der Waals surface area contributed by atoms with E-state index < -0.39 is 0 Å². The molecule has 1 aliphatic heterocycles. The lowest BCUT2D eigenvalue weighted by Gasteiger charge is -2.27. The lowest BCUT2D eigenvalue weighted by Crippen LogP contribution is -2.45. The van der Waals surface area contributed by atoms with Crippen molar-refractivity contribution in [3.05, 3.63) is 6.20 Å². The molecule has 5 heteroatoms. The second-order valence-electron chi connectivity index (χ2n) is 1.73. The summed E-state index contributed by atoms with van der Waals surface area (Å²) >= 11 is 2.02.